The molecule has 0 unspecified atom stereocenters. The van der Waals surface area contributed by atoms with Gasteiger partial charge in [-0.25, -0.2) is 0 Å². The molecule has 2 aromatic carbocycles. The van der Waals surface area contributed by atoms with Crippen LogP contribution in [0.15, 0.2) is 34.9 Å². The zero-order valence-corrected chi connectivity index (χ0v) is 20.4. The number of carbonyl (C=O) groups is 1. The molecule has 8 nitrogen and oxygen atoms in total. The average molecular weight is 485 g/mol. The van der Waals surface area contributed by atoms with Gasteiger partial charge >= 0.3 is 0 Å². The largest absolute Gasteiger partial charge is 0.489 e. The highest BCUT2D eigenvalue weighted by atomic mass is 35.5. The lowest BCUT2D eigenvalue weighted by Gasteiger charge is -2.29. The predicted molar refractivity (Wildman–Crippen MR) is 130 cm³/mol. The first-order valence-corrected chi connectivity index (χ1v) is 11.8. The molecule has 0 radical (unpaired) electrons. The summed E-state index contributed by atoms with van der Waals surface area (Å²) >= 11 is 6.37. The van der Waals surface area contributed by atoms with Crippen molar-refractivity contribution in [3.05, 3.63) is 52.0 Å². The first kappa shape index (κ1) is 24.2. The maximum absolute atomic E-state index is 12.0. The average Bonchev–Trinajstić information content (AvgIpc) is 3.29. The molecule has 0 bridgehead atoms. The van der Waals surface area contributed by atoms with Crippen LogP contribution in [0.5, 0.6) is 5.75 Å². The maximum Gasteiger partial charge on any atom is 0.258 e. The molecule has 0 atom stereocenters. The van der Waals surface area contributed by atoms with Crippen molar-refractivity contribution < 1.29 is 19.2 Å². The lowest BCUT2D eigenvalue weighted by molar-refractivity contribution is -0.122. The zero-order valence-electron chi connectivity index (χ0n) is 19.6. The number of aliphatic hydroxyl groups excluding tert-OH is 1. The summed E-state index contributed by atoms with van der Waals surface area (Å²) in [5.41, 5.74) is 5.22. The molecule has 0 spiro atoms. The number of nitrogens with one attached hydrogen (secondary N) is 1. The van der Waals surface area contributed by atoms with Gasteiger partial charge < -0.3 is 19.7 Å². The van der Waals surface area contributed by atoms with Gasteiger partial charge in [-0.15, -0.1) is 0 Å². The number of benzene rings is 2. The summed E-state index contributed by atoms with van der Waals surface area (Å²) in [5.74, 6) is 1.46. The Labute approximate surface area is 203 Å². The summed E-state index contributed by atoms with van der Waals surface area (Å²) in [5, 5.41) is 16.3. The van der Waals surface area contributed by atoms with Crippen LogP contribution in [0.3, 0.4) is 0 Å². The number of carbonyl (C=O) groups excluding carboxylic acids is 1. The fourth-order valence-corrected chi connectivity index (χ4v) is 4.39. The SMILES string of the molecule is Cc1c(-c2noc(-c3ccc(OC(C)C)c(Cl)c3)n2)ccc2c1CCN(CC(=O)NCCO)C2. The van der Waals surface area contributed by atoms with E-state index in [1.54, 1.807) is 6.07 Å². The van der Waals surface area contributed by atoms with E-state index < -0.39 is 0 Å². The van der Waals surface area contributed by atoms with Crippen molar-refractivity contribution in [2.24, 2.45) is 0 Å². The number of hydrogen-bond donors (Lipinski definition) is 2. The van der Waals surface area contributed by atoms with E-state index in [1.807, 2.05) is 32.0 Å². The van der Waals surface area contributed by atoms with Crippen molar-refractivity contribution in [2.45, 2.75) is 39.8 Å². The minimum atomic E-state index is -0.0749. The van der Waals surface area contributed by atoms with Crippen LogP contribution in [0, 0.1) is 6.92 Å². The summed E-state index contributed by atoms with van der Waals surface area (Å²) in [6, 6.07) is 9.50. The Morgan fingerprint density at radius 1 is 1.32 bits per heavy atom. The van der Waals surface area contributed by atoms with Gasteiger partial charge in [0.25, 0.3) is 5.89 Å². The van der Waals surface area contributed by atoms with Gasteiger partial charge in [0.05, 0.1) is 24.3 Å². The normalized spacial score (nSPS) is 13.7. The molecule has 0 fully saturated rings. The van der Waals surface area contributed by atoms with Crippen molar-refractivity contribution in [3.63, 3.8) is 0 Å². The Morgan fingerprint density at radius 2 is 2.15 bits per heavy atom. The van der Waals surface area contributed by atoms with E-state index in [4.69, 9.17) is 26.0 Å². The first-order chi connectivity index (χ1) is 16.4. The van der Waals surface area contributed by atoms with Crippen LogP contribution in [0.4, 0.5) is 0 Å². The van der Waals surface area contributed by atoms with Crippen molar-refractivity contribution in [3.8, 4) is 28.6 Å². The number of ether oxygens (including phenoxy) is 1. The molecule has 0 aliphatic carbocycles. The van der Waals surface area contributed by atoms with Crippen molar-refractivity contribution >= 4 is 17.5 Å². The van der Waals surface area contributed by atoms with Crippen LogP contribution in [0.2, 0.25) is 5.02 Å². The Bertz CT molecular complexity index is 1180. The molecule has 4 rings (SSSR count). The van der Waals surface area contributed by atoms with Gasteiger partial charge in [-0.3, -0.25) is 9.69 Å². The van der Waals surface area contributed by atoms with Gasteiger partial charge in [-0.1, -0.05) is 28.9 Å². The molecule has 2 heterocycles. The van der Waals surface area contributed by atoms with Crippen LogP contribution in [-0.2, 0) is 17.8 Å². The van der Waals surface area contributed by atoms with E-state index in [-0.39, 0.29) is 25.2 Å². The summed E-state index contributed by atoms with van der Waals surface area (Å²) in [6.07, 6.45) is 0.862. The van der Waals surface area contributed by atoms with Gasteiger partial charge in [-0.2, -0.15) is 4.98 Å². The molecule has 1 aliphatic heterocycles. The highest BCUT2D eigenvalue weighted by molar-refractivity contribution is 6.32. The second-order valence-corrected chi connectivity index (χ2v) is 9.05. The molecular weight excluding hydrogens is 456 g/mol. The number of aliphatic hydroxyl groups is 1. The van der Waals surface area contributed by atoms with Crippen LogP contribution < -0.4 is 10.1 Å². The Balaban J connectivity index is 1.51. The second kappa shape index (κ2) is 10.5. The zero-order chi connectivity index (χ0) is 24.2. The summed E-state index contributed by atoms with van der Waals surface area (Å²) < 4.78 is 11.2. The Hall–Kier alpha value is -2.94. The van der Waals surface area contributed by atoms with E-state index in [2.05, 4.69) is 33.3 Å². The van der Waals surface area contributed by atoms with Crippen molar-refractivity contribution in [2.75, 3.05) is 26.2 Å². The molecule has 2 N–H and O–H groups in total. The van der Waals surface area contributed by atoms with Gasteiger partial charge in [0.15, 0.2) is 0 Å². The quantitative estimate of drug-likeness (QED) is 0.503. The monoisotopic (exact) mass is 484 g/mol. The lowest BCUT2D eigenvalue weighted by atomic mass is 9.91. The fraction of sp³-hybridized carbons (Fsp3) is 0.400. The first-order valence-electron chi connectivity index (χ1n) is 11.4. The fourth-order valence-electron chi connectivity index (χ4n) is 4.16. The lowest BCUT2D eigenvalue weighted by Crippen LogP contribution is -2.40. The van der Waals surface area contributed by atoms with E-state index in [0.717, 1.165) is 29.7 Å². The molecule has 0 saturated heterocycles. The third-order valence-electron chi connectivity index (χ3n) is 5.78. The topological polar surface area (TPSA) is 101 Å². The molecule has 1 amide bonds. The van der Waals surface area contributed by atoms with E-state index in [9.17, 15) is 4.79 Å². The highest BCUT2D eigenvalue weighted by Crippen LogP contribution is 2.33. The van der Waals surface area contributed by atoms with Crippen molar-refractivity contribution in [1.29, 1.82) is 0 Å². The number of rotatable bonds is 8. The van der Waals surface area contributed by atoms with Gasteiger partial charge in [0.2, 0.25) is 11.7 Å². The Kier molecular flexibility index (Phi) is 7.50. The molecule has 1 aromatic heterocycles. The third-order valence-corrected chi connectivity index (χ3v) is 6.07. The minimum Gasteiger partial charge on any atom is -0.489 e. The Morgan fingerprint density at radius 3 is 2.88 bits per heavy atom. The maximum atomic E-state index is 12.0. The number of hydrogen-bond acceptors (Lipinski definition) is 7. The van der Waals surface area contributed by atoms with Gasteiger partial charge in [0.1, 0.15) is 5.75 Å². The minimum absolute atomic E-state index is 0.0286. The van der Waals surface area contributed by atoms with Crippen LogP contribution in [0.1, 0.15) is 30.5 Å². The van der Waals surface area contributed by atoms with Crippen LogP contribution in [0.25, 0.3) is 22.8 Å². The van der Waals surface area contributed by atoms with Gasteiger partial charge in [-0.05, 0) is 62.1 Å². The number of halogens is 1. The van der Waals surface area contributed by atoms with E-state index in [1.165, 1.54) is 11.1 Å². The van der Waals surface area contributed by atoms with E-state index in [0.29, 0.717) is 35.6 Å². The summed E-state index contributed by atoms with van der Waals surface area (Å²) in [6.45, 7) is 7.99. The van der Waals surface area contributed by atoms with Crippen LogP contribution in [-0.4, -0.2) is 58.4 Å². The van der Waals surface area contributed by atoms with Gasteiger partial charge in [0, 0.05) is 30.8 Å². The van der Waals surface area contributed by atoms with E-state index >= 15 is 0 Å². The van der Waals surface area contributed by atoms with Crippen LogP contribution >= 0.6 is 11.6 Å². The smallest absolute Gasteiger partial charge is 0.258 e. The number of aromatic nitrogens is 2. The summed E-state index contributed by atoms with van der Waals surface area (Å²) in [7, 11) is 0. The number of nitrogens with zero attached hydrogens (tertiary/aromatic N) is 3. The molecule has 3 aromatic rings. The second-order valence-electron chi connectivity index (χ2n) is 8.64. The highest BCUT2D eigenvalue weighted by Gasteiger charge is 2.23. The molecule has 9 heteroatoms. The van der Waals surface area contributed by atoms with Crippen molar-refractivity contribution in [1.82, 2.24) is 20.4 Å². The summed E-state index contributed by atoms with van der Waals surface area (Å²) in [4.78, 5) is 18.7. The molecule has 1 aliphatic rings. The standard InChI is InChI=1S/C25H29ClN4O4/c1-15(2)33-22-7-5-17(12-21(22)26)25-28-24(29-34-25)20-6-4-18-13-30(10-8-19(18)16(20)3)14-23(32)27-9-11-31/h4-7,12,15,31H,8-11,13-14H2,1-3H3,(H,27,32). The molecule has 180 valence electrons. The predicted octanol–water partition coefficient (Wildman–Crippen LogP) is 3.62. The third kappa shape index (κ3) is 5.41. The molecular formula is C25H29ClN4O4. The molecule has 0 saturated carbocycles. The number of fused-ring (bicyclic) bond motifs is 1. The molecule has 34 heavy (non-hydrogen) atoms. The number of amides is 1.